The highest BCUT2D eigenvalue weighted by Crippen LogP contribution is 2.47. The summed E-state index contributed by atoms with van der Waals surface area (Å²) in [5.41, 5.74) is -0.190. The topological polar surface area (TPSA) is 46.6 Å². The van der Waals surface area contributed by atoms with Crippen molar-refractivity contribution in [3.63, 3.8) is 0 Å². The second kappa shape index (κ2) is 8.28. The largest absolute Gasteiger partial charge is 0.458 e. The van der Waals surface area contributed by atoms with Gasteiger partial charge in [0.25, 0.3) is 0 Å². The second-order valence-corrected chi connectivity index (χ2v) is 8.04. The number of benzene rings is 1. The van der Waals surface area contributed by atoms with Crippen LogP contribution in [0.25, 0.3) is 0 Å². The van der Waals surface area contributed by atoms with Crippen LogP contribution in [0.15, 0.2) is 42.5 Å². The maximum atomic E-state index is 13.0. The predicted molar refractivity (Wildman–Crippen MR) is 108 cm³/mol. The van der Waals surface area contributed by atoms with Gasteiger partial charge in [0, 0.05) is 23.4 Å². The molecule has 0 saturated carbocycles. The molecule has 4 atom stereocenters. The average molecular weight is 372 g/mol. The molecular formula is C23H33NO3. The molecule has 1 fully saturated rings. The Bertz CT molecular complexity index is 699. The zero-order chi connectivity index (χ0) is 20.2. The van der Waals surface area contributed by atoms with E-state index in [1.54, 1.807) is 24.3 Å². The van der Waals surface area contributed by atoms with Crippen molar-refractivity contribution in [2.45, 2.75) is 78.0 Å². The number of carbonyl (C=O) groups is 2. The Morgan fingerprint density at radius 1 is 1.19 bits per heavy atom. The third-order valence-corrected chi connectivity index (χ3v) is 6.51. The molecule has 1 aromatic carbocycles. The Morgan fingerprint density at radius 3 is 2.33 bits per heavy atom. The lowest BCUT2D eigenvalue weighted by atomic mass is 9.67. The highest BCUT2D eigenvalue weighted by molar-refractivity contribution is 5.90. The van der Waals surface area contributed by atoms with Crippen LogP contribution in [0, 0.1) is 5.92 Å². The van der Waals surface area contributed by atoms with Crippen LogP contribution in [0.4, 0.5) is 0 Å². The molecule has 0 spiro atoms. The third-order valence-electron chi connectivity index (χ3n) is 6.51. The number of esters is 1. The van der Waals surface area contributed by atoms with Gasteiger partial charge in [-0.05, 0) is 51.8 Å². The van der Waals surface area contributed by atoms with E-state index in [0.29, 0.717) is 12.0 Å². The molecule has 4 unspecified atom stereocenters. The van der Waals surface area contributed by atoms with Gasteiger partial charge in [0.15, 0.2) is 0 Å². The molecule has 1 aliphatic rings. The number of likely N-dealkylation sites (tertiary alicyclic amines) is 1. The van der Waals surface area contributed by atoms with Crippen LogP contribution in [-0.2, 0) is 9.53 Å². The maximum Gasteiger partial charge on any atom is 0.338 e. The Hall–Kier alpha value is -2.10. The lowest BCUT2D eigenvalue weighted by Crippen LogP contribution is -2.69. The number of allylic oxidation sites excluding steroid dienone is 1. The summed E-state index contributed by atoms with van der Waals surface area (Å²) in [6, 6.07) is 9.11. The normalized spacial score (nSPS) is 31.1. The van der Waals surface area contributed by atoms with Crippen LogP contribution < -0.4 is 0 Å². The van der Waals surface area contributed by atoms with E-state index in [4.69, 9.17) is 4.74 Å². The van der Waals surface area contributed by atoms with Crippen molar-refractivity contribution in [2.75, 3.05) is 0 Å². The number of hydrogen-bond donors (Lipinski definition) is 0. The van der Waals surface area contributed by atoms with Crippen molar-refractivity contribution < 1.29 is 14.3 Å². The van der Waals surface area contributed by atoms with E-state index in [9.17, 15) is 9.59 Å². The number of ether oxygens (including phenoxy) is 1. The second-order valence-electron chi connectivity index (χ2n) is 8.04. The van der Waals surface area contributed by atoms with Crippen molar-refractivity contribution in [1.82, 2.24) is 4.90 Å². The molecule has 0 N–H and O–H groups in total. The molecule has 1 aromatic rings. The molecule has 1 aliphatic heterocycles. The van der Waals surface area contributed by atoms with E-state index in [-0.39, 0.29) is 35.0 Å². The molecule has 0 aromatic heterocycles. The lowest BCUT2D eigenvalue weighted by Gasteiger charge is -2.60. The monoisotopic (exact) mass is 371 g/mol. The van der Waals surface area contributed by atoms with Gasteiger partial charge < -0.3 is 9.64 Å². The quantitative estimate of drug-likeness (QED) is 0.541. The van der Waals surface area contributed by atoms with E-state index < -0.39 is 0 Å². The molecule has 148 valence electrons. The summed E-state index contributed by atoms with van der Waals surface area (Å²) in [5.74, 6) is -0.229. The number of carbonyl (C=O) groups excluding carboxylic acids is 2. The maximum absolute atomic E-state index is 13.0. The molecule has 4 heteroatoms. The molecular weight excluding hydrogens is 338 g/mol. The SMILES string of the molecule is C/C=C/C(=O)N1C(C)(CC)CC(OC(=O)c2ccccc2)C(C)C1(C)CC. The van der Waals surface area contributed by atoms with Crippen molar-refractivity contribution in [2.24, 2.45) is 5.92 Å². The van der Waals surface area contributed by atoms with E-state index in [1.165, 1.54) is 0 Å². The van der Waals surface area contributed by atoms with E-state index in [2.05, 4.69) is 34.6 Å². The van der Waals surface area contributed by atoms with Crippen molar-refractivity contribution in [3.8, 4) is 0 Å². The van der Waals surface area contributed by atoms with Crippen LogP contribution in [-0.4, -0.2) is 34.0 Å². The summed E-state index contributed by atoms with van der Waals surface area (Å²) in [4.78, 5) is 27.7. The van der Waals surface area contributed by atoms with Crippen LogP contribution in [0.2, 0.25) is 0 Å². The first-order chi connectivity index (χ1) is 12.7. The first-order valence-electron chi connectivity index (χ1n) is 9.96. The fraction of sp³-hybridized carbons (Fsp3) is 0.565. The minimum atomic E-state index is -0.388. The summed E-state index contributed by atoms with van der Waals surface area (Å²) >= 11 is 0. The van der Waals surface area contributed by atoms with Gasteiger partial charge in [0.2, 0.25) is 5.91 Å². The smallest absolute Gasteiger partial charge is 0.338 e. The molecule has 0 radical (unpaired) electrons. The van der Waals surface area contributed by atoms with Crippen molar-refractivity contribution in [3.05, 3.63) is 48.0 Å². The predicted octanol–water partition coefficient (Wildman–Crippen LogP) is 4.99. The number of piperidine rings is 1. The lowest BCUT2D eigenvalue weighted by molar-refractivity contribution is -0.166. The standard InChI is InChI=1S/C23H33NO3/c1-7-13-20(25)24-22(5,8-2)16-19(17(4)23(24,6)9-3)27-21(26)18-14-11-10-12-15-18/h7,10-15,17,19H,8-9,16H2,1-6H3/b13-7+. The van der Waals surface area contributed by atoms with E-state index in [1.807, 2.05) is 30.0 Å². The van der Waals surface area contributed by atoms with Gasteiger partial charge in [-0.25, -0.2) is 4.79 Å². The summed E-state index contributed by atoms with van der Waals surface area (Å²) in [6.45, 7) is 12.4. The minimum Gasteiger partial charge on any atom is -0.458 e. The Balaban J connectivity index is 2.38. The first kappa shape index (κ1) is 21.2. The van der Waals surface area contributed by atoms with Gasteiger partial charge in [-0.2, -0.15) is 0 Å². The summed E-state index contributed by atoms with van der Waals surface area (Å²) in [7, 11) is 0. The minimum absolute atomic E-state index is 0.0315. The highest BCUT2D eigenvalue weighted by Gasteiger charge is 2.55. The molecule has 1 amide bonds. The highest BCUT2D eigenvalue weighted by atomic mass is 16.5. The van der Waals surface area contributed by atoms with Gasteiger partial charge in [-0.3, -0.25) is 4.79 Å². The molecule has 0 aliphatic carbocycles. The molecule has 0 bridgehead atoms. The molecule has 1 saturated heterocycles. The fourth-order valence-corrected chi connectivity index (χ4v) is 4.36. The molecule has 1 heterocycles. The zero-order valence-corrected chi connectivity index (χ0v) is 17.5. The van der Waals surface area contributed by atoms with Gasteiger partial charge in [-0.15, -0.1) is 0 Å². The average Bonchev–Trinajstić information content (AvgIpc) is 2.66. The van der Waals surface area contributed by atoms with E-state index in [0.717, 1.165) is 12.8 Å². The fourth-order valence-electron chi connectivity index (χ4n) is 4.36. The van der Waals surface area contributed by atoms with Crippen molar-refractivity contribution >= 4 is 11.9 Å². The molecule has 4 nitrogen and oxygen atoms in total. The Labute approximate surface area is 163 Å². The van der Waals surface area contributed by atoms with Gasteiger partial charge in [0.05, 0.1) is 5.56 Å². The summed E-state index contributed by atoms with van der Waals surface area (Å²) in [6.07, 6.45) is 5.44. The number of rotatable bonds is 5. The molecule has 2 rings (SSSR count). The van der Waals surface area contributed by atoms with Crippen LogP contribution >= 0.6 is 0 Å². The van der Waals surface area contributed by atoms with Gasteiger partial charge in [0.1, 0.15) is 6.10 Å². The summed E-state index contributed by atoms with van der Waals surface area (Å²) < 4.78 is 5.98. The number of amides is 1. The molecule has 27 heavy (non-hydrogen) atoms. The van der Waals surface area contributed by atoms with Gasteiger partial charge >= 0.3 is 5.97 Å². The van der Waals surface area contributed by atoms with Crippen molar-refractivity contribution in [1.29, 1.82) is 0 Å². The number of nitrogens with zero attached hydrogens (tertiary/aromatic N) is 1. The van der Waals surface area contributed by atoms with Crippen LogP contribution in [0.5, 0.6) is 0 Å². The number of hydrogen-bond acceptors (Lipinski definition) is 3. The Morgan fingerprint density at radius 2 is 1.81 bits per heavy atom. The van der Waals surface area contributed by atoms with Crippen LogP contribution in [0.3, 0.4) is 0 Å². The Kier molecular flexibility index (Phi) is 6.50. The van der Waals surface area contributed by atoms with Gasteiger partial charge in [-0.1, -0.05) is 45.0 Å². The van der Waals surface area contributed by atoms with Crippen LogP contribution in [0.1, 0.15) is 71.2 Å². The van der Waals surface area contributed by atoms with E-state index >= 15 is 0 Å². The first-order valence-corrected chi connectivity index (χ1v) is 9.96. The summed E-state index contributed by atoms with van der Waals surface area (Å²) in [5, 5.41) is 0. The zero-order valence-electron chi connectivity index (χ0n) is 17.5. The third kappa shape index (κ3) is 3.95.